The van der Waals surface area contributed by atoms with E-state index < -0.39 is 0 Å². The number of nitrogens with zero attached hydrogens (tertiary/aromatic N) is 2. The van der Waals surface area contributed by atoms with Crippen LogP contribution < -0.4 is 5.73 Å². The van der Waals surface area contributed by atoms with Gasteiger partial charge < -0.3 is 10.5 Å². The molecular weight excluding hydrogens is 250 g/mol. The first kappa shape index (κ1) is 13.3. The zero-order chi connectivity index (χ0) is 13.9. The number of aromatic nitrogens is 1. The molecule has 1 atom stereocenters. The fourth-order valence-electron chi connectivity index (χ4n) is 2.79. The molecule has 1 aromatic heterocycles. The summed E-state index contributed by atoms with van der Waals surface area (Å²) in [7, 11) is 0. The van der Waals surface area contributed by atoms with Gasteiger partial charge in [-0.25, -0.2) is 0 Å². The number of hydrogen-bond donors (Lipinski definition) is 1. The molecule has 3 rings (SSSR count). The van der Waals surface area contributed by atoms with Crippen molar-refractivity contribution in [3.05, 3.63) is 36.0 Å². The van der Waals surface area contributed by atoms with E-state index in [1.807, 2.05) is 24.4 Å². The molecule has 1 aliphatic heterocycles. The second-order valence-electron chi connectivity index (χ2n) is 5.35. The summed E-state index contributed by atoms with van der Waals surface area (Å²) < 4.78 is 5.72. The van der Waals surface area contributed by atoms with Crippen LogP contribution in [0.2, 0.25) is 0 Å². The topological polar surface area (TPSA) is 51.4 Å². The minimum Gasteiger partial charge on any atom is -0.398 e. The third-order valence-electron chi connectivity index (χ3n) is 3.96. The second-order valence-corrected chi connectivity index (χ2v) is 5.35. The number of morpholine rings is 1. The van der Waals surface area contributed by atoms with E-state index in [2.05, 4.69) is 22.9 Å². The number of nitrogens with two attached hydrogens (primary N) is 1. The number of hydrogen-bond acceptors (Lipinski definition) is 4. The summed E-state index contributed by atoms with van der Waals surface area (Å²) in [6.45, 7) is 5.88. The van der Waals surface area contributed by atoms with Gasteiger partial charge in [-0.3, -0.25) is 9.88 Å². The highest BCUT2D eigenvalue weighted by molar-refractivity contribution is 5.92. The highest BCUT2D eigenvalue weighted by atomic mass is 16.5. The molecule has 20 heavy (non-hydrogen) atoms. The summed E-state index contributed by atoms with van der Waals surface area (Å²) in [6, 6.07) is 8.05. The van der Waals surface area contributed by atoms with Crippen LogP contribution in [0.15, 0.2) is 30.5 Å². The molecule has 1 unspecified atom stereocenters. The van der Waals surface area contributed by atoms with Crippen LogP contribution in [0.25, 0.3) is 10.9 Å². The van der Waals surface area contributed by atoms with Crippen molar-refractivity contribution in [2.24, 2.45) is 0 Å². The zero-order valence-electron chi connectivity index (χ0n) is 11.9. The molecular formula is C16H21N3O. The maximum atomic E-state index is 6.03. The highest BCUT2D eigenvalue weighted by Gasteiger charge is 2.19. The summed E-state index contributed by atoms with van der Waals surface area (Å²) in [5.41, 5.74) is 9.09. The minimum absolute atomic E-state index is 0.358. The van der Waals surface area contributed by atoms with E-state index in [-0.39, 0.29) is 0 Å². The Balaban J connectivity index is 1.86. The van der Waals surface area contributed by atoms with Gasteiger partial charge in [-0.15, -0.1) is 0 Å². The maximum Gasteiger partial charge on any atom is 0.0767 e. The summed E-state index contributed by atoms with van der Waals surface area (Å²) in [5, 5.41) is 1.05. The molecule has 106 valence electrons. The smallest absolute Gasteiger partial charge is 0.0767 e. The molecule has 4 nitrogen and oxygen atoms in total. The van der Waals surface area contributed by atoms with Crippen molar-refractivity contribution in [1.29, 1.82) is 0 Å². The molecule has 1 saturated heterocycles. The van der Waals surface area contributed by atoms with Gasteiger partial charge in [0.2, 0.25) is 0 Å². The van der Waals surface area contributed by atoms with Gasteiger partial charge in [0, 0.05) is 36.9 Å². The molecule has 2 heterocycles. The zero-order valence-corrected chi connectivity index (χ0v) is 11.9. The Labute approximate surface area is 119 Å². The van der Waals surface area contributed by atoms with Crippen LogP contribution in [0.5, 0.6) is 0 Å². The Morgan fingerprint density at radius 1 is 1.40 bits per heavy atom. The average molecular weight is 271 g/mol. The molecule has 0 bridgehead atoms. The molecule has 2 N–H and O–H groups in total. The van der Waals surface area contributed by atoms with Crippen LogP contribution in [-0.4, -0.2) is 35.7 Å². The molecule has 0 spiro atoms. The number of rotatable bonds is 3. The lowest BCUT2D eigenvalue weighted by Gasteiger charge is -2.32. The van der Waals surface area contributed by atoms with Crippen LogP contribution >= 0.6 is 0 Å². The molecule has 1 fully saturated rings. The second kappa shape index (κ2) is 5.77. The van der Waals surface area contributed by atoms with Crippen molar-refractivity contribution in [2.45, 2.75) is 26.0 Å². The Bertz CT molecular complexity index is 599. The Morgan fingerprint density at radius 2 is 2.30 bits per heavy atom. The molecule has 0 aliphatic carbocycles. The quantitative estimate of drug-likeness (QED) is 0.871. The number of nitrogen functional groups attached to an aromatic ring is 1. The summed E-state index contributed by atoms with van der Waals surface area (Å²) >= 11 is 0. The largest absolute Gasteiger partial charge is 0.398 e. The van der Waals surface area contributed by atoms with Crippen molar-refractivity contribution in [2.75, 3.05) is 25.4 Å². The predicted octanol–water partition coefficient (Wildman–Crippen LogP) is 2.43. The lowest BCUT2D eigenvalue weighted by atomic mass is 10.1. The molecule has 1 aliphatic rings. The number of benzene rings is 1. The standard InChI is InChI=1S/C16H21N3O/c1-2-13-11-19(8-9-20-13)10-12-5-6-15(17)14-4-3-7-18-16(12)14/h3-7,13H,2,8-11,17H2,1H3. The molecule has 4 heteroatoms. The van der Waals surface area contributed by atoms with E-state index in [1.54, 1.807) is 0 Å². The third-order valence-corrected chi connectivity index (χ3v) is 3.96. The maximum absolute atomic E-state index is 6.03. The number of anilines is 1. The van der Waals surface area contributed by atoms with Crippen molar-refractivity contribution in [3.8, 4) is 0 Å². The summed E-state index contributed by atoms with van der Waals surface area (Å²) in [4.78, 5) is 6.95. The van der Waals surface area contributed by atoms with Gasteiger partial charge in [-0.05, 0) is 30.2 Å². The van der Waals surface area contributed by atoms with Crippen LogP contribution in [-0.2, 0) is 11.3 Å². The fraction of sp³-hybridized carbons (Fsp3) is 0.438. The van der Waals surface area contributed by atoms with E-state index in [0.29, 0.717) is 6.10 Å². The van der Waals surface area contributed by atoms with Gasteiger partial charge in [-0.1, -0.05) is 13.0 Å². The molecule has 0 radical (unpaired) electrons. The van der Waals surface area contributed by atoms with Gasteiger partial charge in [0.25, 0.3) is 0 Å². The Kier molecular flexibility index (Phi) is 3.85. The van der Waals surface area contributed by atoms with Gasteiger partial charge >= 0.3 is 0 Å². The van der Waals surface area contributed by atoms with E-state index in [9.17, 15) is 0 Å². The average Bonchev–Trinajstić information content (AvgIpc) is 2.51. The van der Waals surface area contributed by atoms with Crippen molar-refractivity contribution in [1.82, 2.24) is 9.88 Å². The van der Waals surface area contributed by atoms with Gasteiger partial charge in [-0.2, -0.15) is 0 Å². The molecule has 1 aromatic carbocycles. The van der Waals surface area contributed by atoms with Gasteiger partial charge in [0.1, 0.15) is 0 Å². The third kappa shape index (κ3) is 2.62. The van der Waals surface area contributed by atoms with Crippen LogP contribution in [0.4, 0.5) is 5.69 Å². The lowest BCUT2D eigenvalue weighted by Crippen LogP contribution is -2.41. The molecule has 2 aromatic rings. The van der Waals surface area contributed by atoms with Crippen LogP contribution in [0.1, 0.15) is 18.9 Å². The Morgan fingerprint density at radius 3 is 3.15 bits per heavy atom. The first-order chi connectivity index (χ1) is 9.78. The number of ether oxygens (including phenoxy) is 1. The van der Waals surface area contributed by atoms with E-state index >= 15 is 0 Å². The summed E-state index contributed by atoms with van der Waals surface area (Å²) in [5.74, 6) is 0. The fourth-order valence-corrected chi connectivity index (χ4v) is 2.79. The highest BCUT2D eigenvalue weighted by Crippen LogP contribution is 2.24. The van der Waals surface area contributed by atoms with Crippen LogP contribution in [0.3, 0.4) is 0 Å². The summed E-state index contributed by atoms with van der Waals surface area (Å²) in [6.07, 6.45) is 3.26. The molecule has 0 saturated carbocycles. The lowest BCUT2D eigenvalue weighted by molar-refractivity contribution is -0.0323. The van der Waals surface area contributed by atoms with E-state index in [1.165, 1.54) is 5.56 Å². The van der Waals surface area contributed by atoms with E-state index in [0.717, 1.165) is 49.3 Å². The Hall–Kier alpha value is -1.65. The van der Waals surface area contributed by atoms with Gasteiger partial charge in [0.05, 0.1) is 18.2 Å². The first-order valence-corrected chi connectivity index (χ1v) is 7.24. The predicted molar refractivity (Wildman–Crippen MR) is 81.5 cm³/mol. The number of fused-ring (bicyclic) bond motifs is 1. The monoisotopic (exact) mass is 271 g/mol. The minimum atomic E-state index is 0.358. The van der Waals surface area contributed by atoms with Gasteiger partial charge in [0.15, 0.2) is 0 Å². The van der Waals surface area contributed by atoms with Crippen molar-refractivity contribution < 1.29 is 4.74 Å². The molecule has 0 amide bonds. The van der Waals surface area contributed by atoms with Crippen molar-refractivity contribution >= 4 is 16.6 Å². The first-order valence-electron chi connectivity index (χ1n) is 7.24. The normalized spacial score (nSPS) is 20.4. The SMILES string of the molecule is CCC1CN(Cc2ccc(N)c3cccnc23)CCO1. The number of pyridine rings is 1. The van der Waals surface area contributed by atoms with E-state index in [4.69, 9.17) is 10.5 Å². The van der Waals surface area contributed by atoms with Crippen LogP contribution in [0, 0.1) is 0 Å². The van der Waals surface area contributed by atoms with Crippen molar-refractivity contribution in [3.63, 3.8) is 0 Å².